The zero-order valence-electron chi connectivity index (χ0n) is 14.0. The molecule has 0 aromatic carbocycles. The van der Waals surface area contributed by atoms with Crippen LogP contribution in [0.3, 0.4) is 0 Å². The Morgan fingerprint density at radius 1 is 1.28 bits per heavy atom. The van der Waals surface area contributed by atoms with E-state index in [0.29, 0.717) is 37.8 Å². The van der Waals surface area contributed by atoms with Crippen LogP contribution in [0.15, 0.2) is 30.9 Å². The monoisotopic (exact) mass is 341 g/mol. The minimum Gasteiger partial charge on any atom is -0.458 e. The SMILES string of the molecule is Cc1cnc(C(=O)N2CC[C@]3(C[C@H](Oc4ncccn4)CO3)C2)cn1. The van der Waals surface area contributed by atoms with Crippen molar-refractivity contribution < 1.29 is 14.3 Å². The Labute approximate surface area is 145 Å². The lowest BCUT2D eigenvalue weighted by Crippen LogP contribution is -2.36. The molecule has 25 heavy (non-hydrogen) atoms. The van der Waals surface area contributed by atoms with Gasteiger partial charge in [-0.15, -0.1) is 0 Å². The molecule has 4 rings (SSSR count). The molecule has 0 unspecified atom stereocenters. The number of hydrogen-bond donors (Lipinski definition) is 0. The topological polar surface area (TPSA) is 90.3 Å². The number of nitrogens with zero attached hydrogens (tertiary/aromatic N) is 5. The third-order valence-electron chi connectivity index (χ3n) is 4.59. The molecule has 2 fully saturated rings. The number of amides is 1. The van der Waals surface area contributed by atoms with Gasteiger partial charge in [-0.25, -0.2) is 15.0 Å². The van der Waals surface area contributed by atoms with Gasteiger partial charge in [-0.05, 0) is 19.4 Å². The lowest BCUT2D eigenvalue weighted by molar-refractivity contribution is 0.00967. The first-order valence-electron chi connectivity index (χ1n) is 8.29. The van der Waals surface area contributed by atoms with Crippen molar-refractivity contribution in [2.45, 2.75) is 31.5 Å². The van der Waals surface area contributed by atoms with Crippen molar-refractivity contribution >= 4 is 5.91 Å². The highest BCUT2D eigenvalue weighted by atomic mass is 16.6. The van der Waals surface area contributed by atoms with Gasteiger partial charge >= 0.3 is 6.01 Å². The van der Waals surface area contributed by atoms with Crippen LogP contribution >= 0.6 is 0 Å². The van der Waals surface area contributed by atoms with Crippen LogP contribution in [0.4, 0.5) is 0 Å². The highest BCUT2D eigenvalue weighted by molar-refractivity contribution is 5.92. The van der Waals surface area contributed by atoms with E-state index in [9.17, 15) is 4.79 Å². The van der Waals surface area contributed by atoms with Crippen molar-refractivity contribution in [1.29, 1.82) is 0 Å². The van der Waals surface area contributed by atoms with Gasteiger partial charge in [0.05, 0.1) is 30.6 Å². The van der Waals surface area contributed by atoms with Gasteiger partial charge in [0.25, 0.3) is 5.91 Å². The Bertz CT molecular complexity index is 755. The van der Waals surface area contributed by atoms with Crippen molar-refractivity contribution in [3.63, 3.8) is 0 Å². The van der Waals surface area contributed by atoms with E-state index in [2.05, 4.69) is 19.9 Å². The predicted molar refractivity (Wildman–Crippen MR) is 87.0 cm³/mol. The van der Waals surface area contributed by atoms with Crippen molar-refractivity contribution in [2.75, 3.05) is 19.7 Å². The smallest absolute Gasteiger partial charge is 0.316 e. The van der Waals surface area contributed by atoms with Crippen molar-refractivity contribution in [3.8, 4) is 6.01 Å². The summed E-state index contributed by atoms with van der Waals surface area (Å²) in [4.78, 5) is 30.8. The van der Waals surface area contributed by atoms with Gasteiger partial charge in [-0.3, -0.25) is 9.78 Å². The molecule has 2 aromatic rings. The number of ether oxygens (including phenoxy) is 2. The molecule has 4 heterocycles. The van der Waals surface area contributed by atoms with E-state index >= 15 is 0 Å². The Morgan fingerprint density at radius 2 is 2.12 bits per heavy atom. The molecule has 2 aliphatic rings. The number of rotatable bonds is 3. The standard InChI is InChI=1S/C17H19N5O3/c1-12-8-21-14(9-20-12)15(23)22-6-3-17(11-22)7-13(10-24-17)25-16-18-4-2-5-19-16/h2,4-5,8-9,13H,3,6-7,10-11H2,1H3/t13-,17-/m0/s1. The molecule has 2 saturated heterocycles. The third kappa shape index (κ3) is 3.30. The minimum absolute atomic E-state index is 0.100. The quantitative estimate of drug-likeness (QED) is 0.823. The van der Waals surface area contributed by atoms with Gasteiger partial charge in [0.15, 0.2) is 0 Å². The molecular formula is C17H19N5O3. The highest BCUT2D eigenvalue weighted by Crippen LogP contribution is 2.36. The van der Waals surface area contributed by atoms with E-state index in [1.165, 1.54) is 6.20 Å². The van der Waals surface area contributed by atoms with E-state index in [4.69, 9.17) is 9.47 Å². The molecule has 1 spiro atoms. The van der Waals surface area contributed by atoms with Crippen LogP contribution in [0.1, 0.15) is 29.0 Å². The van der Waals surface area contributed by atoms with E-state index < -0.39 is 0 Å². The molecule has 0 saturated carbocycles. The first kappa shape index (κ1) is 15.9. The normalized spacial score (nSPS) is 25.5. The lowest BCUT2D eigenvalue weighted by atomic mass is 9.98. The Morgan fingerprint density at radius 3 is 2.88 bits per heavy atom. The first-order chi connectivity index (χ1) is 12.1. The van der Waals surface area contributed by atoms with Crippen LogP contribution in [-0.2, 0) is 4.74 Å². The van der Waals surface area contributed by atoms with Crippen LogP contribution in [0.2, 0.25) is 0 Å². The van der Waals surface area contributed by atoms with Crippen LogP contribution in [0, 0.1) is 6.92 Å². The molecule has 0 bridgehead atoms. The number of carbonyl (C=O) groups is 1. The largest absolute Gasteiger partial charge is 0.458 e. The molecule has 8 heteroatoms. The summed E-state index contributed by atoms with van der Waals surface area (Å²) in [7, 11) is 0. The second kappa shape index (κ2) is 6.36. The zero-order valence-corrected chi connectivity index (χ0v) is 14.0. The van der Waals surface area contributed by atoms with E-state index in [1.54, 1.807) is 29.6 Å². The summed E-state index contributed by atoms with van der Waals surface area (Å²) < 4.78 is 11.8. The summed E-state index contributed by atoms with van der Waals surface area (Å²) in [5.41, 5.74) is 0.801. The third-order valence-corrected chi connectivity index (χ3v) is 4.59. The number of carbonyl (C=O) groups excluding carboxylic acids is 1. The Balaban J connectivity index is 1.38. The molecule has 2 atom stereocenters. The molecule has 0 aliphatic carbocycles. The Hall–Kier alpha value is -2.61. The first-order valence-corrected chi connectivity index (χ1v) is 8.29. The van der Waals surface area contributed by atoms with Crippen molar-refractivity contribution in [2.24, 2.45) is 0 Å². The summed E-state index contributed by atoms with van der Waals surface area (Å²) >= 11 is 0. The van der Waals surface area contributed by atoms with E-state index in [1.807, 2.05) is 6.92 Å². The van der Waals surface area contributed by atoms with Gasteiger partial charge in [-0.2, -0.15) is 0 Å². The van der Waals surface area contributed by atoms with Gasteiger partial charge in [0.2, 0.25) is 0 Å². The maximum atomic E-state index is 12.6. The molecule has 2 aliphatic heterocycles. The van der Waals surface area contributed by atoms with Gasteiger partial charge in [0.1, 0.15) is 11.8 Å². The maximum absolute atomic E-state index is 12.6. The number of aryl methyl sites for hydroxylation is 1. The predicted octanol–water partition coefficient (Wildman–Crippen LogP) is 1.03. The summed E-state index contributed by atoms with van der Waals surface area (Å²) in [6.07, 6.45) is 7.82. The highest BCUT2D eigenvalue weighted by Gasteiger charge is 2.48. The maximum Gasteiger partial charge on any atom is 0.316 e. The fraction of sp³-hybridized carbons (Fsp3) is 0.471. The van der Waals surface area contributed by atoms with Crippen molar-refractivity contribution in [1.82, 2.24) is 24.8 Å². The average Bonchev–Trinajstić information content (AvgIpc) is 3.23. The fourth-order valence-electron chi connectivity index (χ4n) is 3.34. The second-order valence-electron chi connectivity index (χ2n) is 6.49. The number of aromatic nitrogens is 4. The zero-order chi connectivity index (χ0) is 17.3. The minimum atomic E-state index is -0.354. The van der Waals surface area contributed by atoms with Gasteiger partial charge < -0.3 is 14.4 Å². The molecule has 8 nitrogen and oxygen atoms in total. The second-order valence-corrected chi connectivity index (χ2v) is 6.49. The summed E-state index contributed by atoms with van der Waals surface area (Å²) in [5, 5.41) is 0. The molecule has 0 N–H and O–H groups in total. The molecular weight excluding hydrogens is 322 g/mol. The average molecular weight is 341 g/mol. The van der Waals surface area contributed by atoms with Gasteiger partial charge in [-0.1, -0.05) is 0 Å². The van der Waals surface area contributed by atoms with E-state index in [-0.39, 0.29) is 17.6 Å². The fourth-order valence-corrected chi connectivity index (χ4v) is 3.34. The Kier molecular flexibility index (Phi) is 4.04. The summed E-state index contributed by atoms with van der Waals surface area (Å²) in [5.74, 6) is -0.108. The van der Waals surface area contributed by atoms with Crippen LogP contribution < -0.4 is 4.74 Å². The van der Waals surface area contributed by atoms with Crippen LogP contribution in [0.5, 0.6) is 6.01 Å². The number of hydrogen-bond acceptors (Lipinski definition) is 7. The number of likely N-dealkylation sites (tertiary alicyclic amines) is 1. The molecule has 2 aromatic heterocycles. The van der Waals surface area contributed by atoms with Crippen LogP contribution in [0.25, 0.3) is 0 Å². The van der Waals surface area contributed by atoms with Crippen molar-refractivity contribution in [3.05, 3.63) is 42.2 Å². The summed E-state index contributed by atoms with van der Waals surface area (Å²) in [6, 6.07) is 2.10. The van der Waals surface area contributed by atoms with E-state index in [0.717, 1.165) is 12.1 Å². The molecule has 130 valence electrons. The lowest BCUT2D eigenvalue weighted by Gasteiger charge is -2.23. The van der Waals surface area contributed by atoms with Crippen LogP contribution in [-0.4, -0.2) is 62.1 Å². The molecule has 0 radical (unpaired) electrons. The summed E-state index contributed by atoms with van der Waals surface area (Å²) in [6.45, 7) is 3.50. The molecule has 1 amide bonds. The van der Waals surface area contributed by atoms with Gasteiger partial charge in [0, 0.05) is 31.6 Å².